The van der Waals surface area contributed by atoms with Crippen molar-refractivity contribution in [2.45, 2.75) is 19.9 Å². The Morgan fingerprint density at radius 3 is 2.64 bits per heavy atom. The first-order valence-electron chi connectivity index (χ1n) is 11.5. The van der Waals surface area contributed by atoms with E-state index in [1.54, 1.807) is 48.9 Å². The highest BCUT2D eigenvalue weighted by Gasteiger charge is 2.21. The van der Waals surface area contributed by atoms with Crippen LogP contribution in [-0.4, -0.2) is 36.2 Å². The van der Waals surface area contributed by atoms with Crippen LogP contribution in [0.1, 0.15) is 13.8 Å². The molecular formula is C27H21F2N7. The van der Waals surface area contributed by atoms with E-state index in [4.69, 9.17) is 0 Å². The molecule has 36 heavy (non-hydrogen) atoms. The first-order chi connectivity index (χ1) is 17.5. The average molecular weight is 482 g/mol. The Morgan fingerprint density at radius 2 is 1.81 bits per heavy atom. The minimum Gasteiger partial charge on any atom is -0.382 e. The van der Waals surface area contributed by atoms with Crippen molar-refractivity contribution in [2.75, 3.05) is 5.32 Å². The standard InChI is InChI=1S/C27H21F2N7/c1-14(2)32-18-11-16(12-30-13-18)19-6-7-20-22(23(19)29)26(36-35-20)27-33-21-8-9-31-24(25(21)34-27)15-4-3-5-17(28)10-15/h3-14,32H,1-2H3,(H,33,34)(H,35,36). The molecule has 4 heterocycles. The Labute approximate surface area is 204 Å². The van der Waals surface area contributed by atoms with Gasteiger partial charge in [0.1, 0.15) is 22.8 Å². The van der Waals surface area contributed by atoms with E-state index >= 15 is 4.39 Å². The highest BCUT2D eigenvalue weighted by molar-refractivity contribution is 5.98. The Balaban J connectivity index is 1.49. The summed E-state index contributed by atoms with van der Waals surface area (Å²) in [6.45, 7) is 4.05. The molecule has 2 aromatic carbocycles. The van der Waals surface area contributed by atoms with E-state index in [2.05, 4.69) is 35.5 Å². The summed E-state index contributed by atoms with van der Waals surface area (Å²) in [5, 5.41) is 10.9. The summed E-state index contributed by atoms with van der Waals surface area (Å²) in [5.41, 5.74) is 5.10. The van der Waals surface area contributed by atoms with Gasteiger partial charge in [0.2, 0.25) is 0 Å². The molecule has 9 heteroatoms. The predicted molar refractivity (Wildman–Crippen MR) is 136 cm³/mol. The Hall–Kier alpha value is -4.66. The number of rotatable bonds is 5. The van der Waals surface area contributed by atoms with Crippen molar-refractivity contribution in [2.24, 2.45) is 0 Å². The van der Waals surface area contributed by atoms with Crippen LogP contribution in [-0.2, 0) is 0 Å². The molecule has 4 aromatic heterocycles. The summed E-state index contributed by atoms with van der Waals surface area (Å²) in [6.07, 6.45) is 4.96. The molecule has 6 aromatic rings. The van der Waals surface area contributed by atoms with E-state index in [-0.39, 0.29) is 11.9 Å². The number of pyridine rings is 2. The van der Waals surface area contributed by atoms with Gasteiger partial charge in [-0.2, -0.15) is 5.10 Å². The highest BCUT2D eigenvalue weighted by atomic mass is 19.1. The summed E-state index contributed by atoms with van der Waals surface area (Å²) in [7, 11) is 0. The van der Waals surface area contributed by atoms with Crippen molar-refractivity contribution in [1.29, 1.82) is 0 Å². The van der Waals surface area contributed by atoms with Crippen molar-refractivity contribution >= 4 is 27.6 Å². The van der Waals surface area contributed by atoms with Gasteiger partial charge in [0.15, 0.2) is 5.82 Å². The number of anilines is 1. The number of benzene rings is 2. The lowest BCUT2D eigenvalue weighted by Crippen LogP contribution is -2.09. The Bertz CT molecular complexity index is 1740. The smallest absolute Gasteiger partial charge is 0.159 e. The molecular weight excluding hydrogens is 460 g/mol. The van der Waals surface area contributed by atoms with E-state index < -0.39 is 5.82 Å². The van der Waals surface area contributed by atoms with Crippen LogP contribution < -0.4 is 5.32 Å². The highest BCUT2D eigenvalue weighted by Crippen LogP contribution is 2.35. The molecule has 0 saturated carbocycles. The van der Waals surface area contributed by atoms with Gasteiger partial charge in [-0.05, 0) is 50.2 Å². The number of fused-ring (bicyclic) bond motifs is 2. The Kier molecular flexibility index (Phi) is 5.18. The van der Waals surface area contributed by atoms with Crippen molar-refractivity contribution in [3.63, 3.8) is 0 Å². The van der Waals surface area contributed by atoms with Crippen LogP contribution in [0.25, 0.3) is 55.8 Å². The molecule has 0 spiro atoms. The molecule has 0 aliphatic carbocycles. The first-order valence-corrected chi connectivity index (χ1v) is 11.5. The largest absolute Gasteiger partial charge is 0.382 e. The van der Waals surface area contributed by atoms with Crippen molar-refractivity contribution < 1.29 is 8.78 Å². The first kappa shape index (κ1) is 21.8. The summed E-state index contributed by atoms with van der Waals surface area (Å²) in [5.74, 6) is -0.410. The molecule has 178 valence electrons. The second-order valence-corrected chi connectivity index (χ2v) is 8.83. The van der Waals surface area contributed by atoms with E-state index in [9.17, 15) is 4.39 Å². The number of hydrogen-bond donors (Lipinski definition) is 3. The minimum absolute atomic E-state index is 0.217. The molecule has 7 nitrogen and oxygen atoms in total. The van der Waals surface area contributed by atoms with Crippen molar-refractivity contribution in [3.05, 3.63) is 78.8 Å². The third-order valence-corrected chi connectivity index (χ3v) is 5.89. The van der Waals surface area contributed by atoms with E-state index in [0.29, 0.717) is 55.8 Å². The fourth-order valence-electron chi connectivity index (χ4n) is 4.36. The van der Waals surface area contributed by atoms with Crippen molar-refractivity contribution in [1.82, 2.24) is 30.1 Å². The predicted octanol–water partition coefficient (Wildman–Crippen LogP) is 6.33. The normalized spacial score (nSPS) is 11.6. The molecule has 6 rings (SSSR count). The van der Waals surface area contributed by atoms with Gasteiger partial charge in [0, 0.05) is 41.3 Å². The number of halogens is 2. The number of aromatic amines is 2. The number of nitrogens with zero attached hydrogens (tertiary/aromatic N) is 4. The molecule has 0 bridgehead atoms. The van der Waals surface area contributed by atoms with Gasteiger partial charge in [-0.25, -0.2) is 13.8 Å². The summed E-state index contributed by atoms with van der Waals surface area (Å²) in [4.78, 5) is 16.6. The lowest BCUT2D eigenvalue weighted by molar-refractivity contribution is 0.628. The molecule has 0 saturated heterocycles. The number of aromatic nitrogens is 6. The monoisotopic (exact) mass is 481 g/mol. The topological polar surface area (TPSA) is 95.2 Å². The minimum atomic E-state index is -0.427. The van der Waals surface area contributed by atoms with Gasteiger partial charge >= 0.3 is 0 Å². The van der Waals surface area contributed by atoms with Gasteiger partial charge in [0.05, 0.1) is 27.8 Å². The molecule has 0 aliphatic heterocycles. The van der Waals surface area contributed by atoms with Crippen LogP contribution in [0.4, 0.5) is 14.5 Å². The molecule has 0 unspecified atom stereocenters. The second kappa shape index (κ2) is 8.53. The van der Waals surface area contributed by atoms with E-state index in [0.717, 1.165) is 5.69 Å². The van der Waals surface area contributed by atoms with Gasteiger partial charge in [-0.3, -0.25) is 15.1 Å². The summed E-state index contributed by atoms with van der Waals surface area (Å²) >= 11 is 0. The zero-order valence-corrected chi connectivity index (χ0v) is 19.5. The van der Waals surface area contributed by atoms with Crippen LogP contribution in [0, 0.1) is 11.6 Å². The molecule has 0 atom stereocenters. The molecule has 0 amide bonds. The van der Waals surface area contributed by atoms with Gasteiger partial charge in [-0.1, -0.05) is 12.1 Å². The fourth-order valence-corrected chi connectivity index (χ4v) is 4.36. The lowest BCUT2D eigenvalue weighted by Gasteiger charge is -2.11. The number of imidazole rings is 1. The van der Waals surface area contributed by atoms with Crippen LogP contribution in [0.5, 0.6) is 0 Å². The second-order valence-electron chi connectivity index (χ2n) is 8.83. The van der Waals surface area contributed by atoms with Crippen LogP contribution in [0.3, 0.4) is 0 Å². The molecule has 3 N–H and O–H groups in total. The van der Waals surface area contributed by atoms with E-state index in [1.807, 2.05) is 19.9 Å². The fraction of sp³-hybridized carbons (Fsp3) is 0.111. The van der Waals surface area contributed by atoms with Gasteiger partial charge < -0.3 is 10.3 Å². The molecule has 0 radical (unpaired) electrons. The quantitative estimate of drug-likeness (QED) is 0.268. The number of hydrogen-bond acceptors (Lipinski definition) is 5. The lowest BCUT2D eigenvalue weighted by atomic mass is 10.0. The zero-order chi connectivity index (χ0) is 24.8. The number of nitrogens with one attached hydrogen (secondary N) is 3. The SMILES string of the molecule is CC(C)Nc1cncc(-c2ccc3[nH]nc(-c4nc5c(-c6cccc(F)c6)nccc5[nH]4)c3c2F)c1. The van der Waals surface area contributed by atoms with Crippen LogP contribution >= 0.6 is 0 Å². The van der Waals surface area contributed by atoms with Crippen LogP contribution in [0.2, 0.25) is 0 Å². The van der Waals surface area contributed by atoms with Crippen molar-refractivity contribution in [3.8, 4) is 33.9 Å². The third-order valence-electron chi connectivity index (χ3n) is 5.89. The summed E-state index contributed by atoms with van der Waals surface area (Å²) < 4.78 is 29.8. The van der Waals surface area contributed by atoms with Gasteiger partial charge in [-0.15, -0.1) is 0 Å². The number of H-pyrrole nitrogens is 2. The zero-order valence-electron chi connectivity index (χ0n) is 19.5. The molecule has 0 fully saturated rings. The summed E-state index contributed by atoms with van der Waals surface area (Å²) in [6, 6.07) is 13.5. The van der Waals surface area contributed by atoms with E-state index in [1.165, 1.54) is 12.1 Å². The maximum Gasteiger partial charge on any atom is 0.159 e. The van der Waals surface area contributed by atoms with Crippen LogP contribution in [0.15, 0.2) is 67.1 Å². The average Bonchev–Trinajstić information content (AvgIpc) is 3.48. The Morgan fingerprint density at radius 1 is 0.917 bits per heavy atom. The van der Waals surface area contributed by atoms with Gasteiger partial charge in [0.25, 0.3) is 0 Å². The maximum absolute atomic E-state index is 16.0. The third kappa shape index (κ3) is 3.74. The molecule has 0 aliphatic rings. The maximum atomic E-state index is 16.0.